The summed E-state index contributed by atoms with van der Waals surface area (Å²) in [6.45, 7) is 1.97. The summed E-state index contributed by atoms with van der Waals surface area (Å²) < 4.78 is 91.4. The summed E-state index contributed by atoms with van der Waals surface area (Å²) in [5, 5.41) is 3.43. The van der Waals surface area contributed by atoms with Crippen LogP contribution < -0.4 is 0 Å². The molecule has 4 nitrogen and oxygen atoms in total. The third kappa shape index (κ3) is 2.45. The Kier molecular flexibility index (Phi) is 3.38. The van der Waals surface area contributed by atoms with Crippen molar-refractivity contribution in [1.82, 2.24) is 9.78 Å². The Hall–Kier alpha value is -1.19. The highest BCUT2D eigenvalue weighted by Gasteiger charge is 2.56. The number of alkyl halides is 5. The maximum atomic E-state index is 14.4. The van der Waals surface area contributed by atoms with Gasteiger partial charge in [-0.3, -0.25) is 4.68 Å². The highest BCUT2D eigenvalue weighted by Crippen LogP contribution is 2.55. The Morgan fingerprint density at radius 2 is 1.91 bits per heavy atom. The molecule has 1 saturated heterocycles. The molecule has 1 aromatic rings. The lowest BCUT2D eigenvalue weighted by molar-refractivity contribution is -0.142. The average Bonchev–Trinajstić information content (AvgIpc) is 2.80. The van der Waals surface area contributed by atoms with Gasteiger partial charge in [-0.2, -0.15) is 18.3 Å². The second-order valence-electron chi connectivity index (χ2n) is 6.51. The van der Waals surface area contributed by atoms with E-state index < -0.39 is 56.6 Å². The van der Waals surface area contributed by atoms with Crippen LogP contribution in [0.1, 0.15) is 42.9 Å². The van der Waals surface area contributed by atoms with Gasteiger partial charge in [0.1, 0.15) is 0 Å². The van der Waals surface area contributed by atoms with Crippen LogP contribution in [-0.2, 0) is 22.6 Å². The van der Waals surface area contributed by atoms with Crippen molar-refractivity contribution in [3.63, 3.8) is 0 Å². The zero-order chi connectivity index (χ0) is 17.4. The highest BCUT2D eigenvalue weighted by atomic mass is 32.2. The lowest BCUT2D eigenvalue weighted by Crippen LogP contribution is -2.39. The van der Waals surface area contributed by atoms with Crippen molar-refractivity contribution in [3.05, 3.63) is 17.0 Å². The number of sulfone groups is 1. The second kappa shape index (κ2) is 4.67. The Morgan fingerprint density at radius 3 is 2.39 bits per heavy atom. The molecule has 3 rings (SSSR count). The van der Waals surface area contributed by atoms with E-state index in [0.29, 0.717) is 0 Å². The van der Waals surface area contributed by atoms with Gasteiger partial charge in [0.05, 0.1) is 17.2 Å². The molecule has 2 heterocycles. The molecule has 10 heteroatoms. The Labute approximate surface area is 129 Å². The molecule has 0 aromatic carbocycles. The molecule has 1 aliphatic carbocycles. The van der Waals surface area contributed by atoms with Gasteiger partial charge in [0.2, 0.25) is 0 Å². The first-order chi connectivity index (χ1) is 10.3. The Bertz CT molecular complexity index is 741. The van der Waals surface area contributed by atoms with E-state index >= 15 is 0 Å². The van der Waals surface area contributed by atoms with Crippen LogP contribution in [0.4, 0.5) is 22.0 Å². The number of halogens is 5. The first kappa shape index (κ1) is 16.7. The molecule has 1 fully saturated rings. The molecule has 3 atom stereocenters. The summed E-state index contributed by atoms with van der Waals surface area (Å²) >= 11 is 0. The van der Waals surface area contributed by atoms with Crippen LogP contribution in [0.15, 0.2) is 0 Å². The third-order valence-corrected chi connectivity index (χ3v) is 6.68. The van der Waals surface area contributed by atoms with E-state index in [0.717, 1.165) is 11.6 Å². The number of hydrogen-bond acceptors (Lipinski definition) is 3. The van der Waals surface area contributed by atoms with Gasteiger partial charge in [-0.25, -0.2) is 17.2 Å². The normalized spacial score (nSPS) is 33.5. The van der Waals surface area contributed by atoms with Gasteiger partial charge >= 0.3 is 6.18 Å². The predicted octanol–water partition coefficient (Wildman–Crippen LogP) is 2.80. The fraction of sp³-hybridized carbons (Fsp3) is 0.769. The zero-order valence-corrected chi connectivity index (χ0v) is 13.2. The van der Waals surface area contributed by atoms with E-state index in [-0.39, 0.29) is 18.1 Å². The van der Waals surface area contributed by atoms with E-state index in [1.165, 1.54) is 6.92 Å². The smallest absolute Gasteiger partial charge is 0.265 e. The maximum absolute atomic E-state index is 14.4. The fourth-order valence-corrected chi connectivity index (χ4v) is 4.87. The molecule has 0 saturated carbocycles. The van der Waals surface area contributed by atoms with Crippen molar-refractivity contribution in [2.24, 2.45) is 5.92 Å². The lowest BCUT2D eigenvalue weighted by Gasteiger charge is -2.27. The highest BCUT2D eigenvalue weighted by molar-refractivity contribution is 7.92. The zero-order valence-electron chi connectivity index (χ0n) is 12.4. The molecule has 0 bridgehead atoms. The summed E-state index contributed by atoms with van der Waals surface area (Å²) in [7, 11) is -3.16. The summed E-state index contributed by atoms with van der Waals surface area (Å²) in [4.78, 5) is 0. The molecular weight excluding hydrogens is 343 g/mol. The largest absolute Gasteiger partial charge is 0.435 e. The molecular formula is C13H15F5N2O2S. The average molecular weight is 358 g/mol. The number of aromatic nitrogens is 2. The minimum absolute atomic E-state index is 0.166. The van der Waals surface area contributed by atoms with Crippen molar-refractivity contribution in [3.8, 4) is 0 Å². The molecule has 1 aliphatic heterocycles. The standard InChI is InChI=1S/C13H15F5N2O2S/c1-6-8-9(10(14)12(6,2)15)20(19-11(8)13(16,17)18)3-7-4-23(21,22)5-7/h6-7,10H,3-5H2,1-2H3/t6-,10-,12?/m0/s1. The van der Waals surface area contributed by atoms with Crippen LogP contribution >= 0.6 is 0 Å². The molecule has 2 aliphatic rings. The van der Waals surface area contributed by atoms with E-state index in [1.54, 1.807) is 0 Å². The molecule has 0 amide bonds. The fourth-order valence-electron chi connectivity index (χ4n) is 3.32. The van der Waals surface area contributed by atoms with Gasteiger partial charge in [0.15, 0.2) is 27.4 Å². The number of nitrogens with zero attached hydrogens (tertiary/aromatic N) is 2. The van der Waals surface area contributed by atoms with Crippen molar-refractivity contribution >= 4 is 9.84 Å². The van der Waals surface area contributed by atoms with Gasteiger partial charge in [-0.15, -0.1) is 0 Å². The van der Waals surface area contributed by atoms with Crippen molar-refractivity contribution in [1.29, 1.82) is 0 Å². The van der Waals surface area contributed by atoms with Gasteiger partial charge < -0.3 is 0 Å². The quantitative estimate of drug-likeness (QED) is 0.764. The van der Waals surface area contributed by atoms with Crippen LogP contribution in [0.2, 0.25) is 0 Å². The Balaban J connectivity index is 2.04. The van der Waals surface area contributed by atoms with E-state index in [4.69, 9.17) is 0 Å². The summed E-state index contributed by atoms with van der Waals surface area (Å²) in [6.07, 6.45) is -7.05. The molecule has 0 N–H and O–H groups in total. The van der Waals surface area contributed by atoms with Gasteiger partial charge in [-0.1, -0.05) is 6.92 Å². The Morgan fingerprint density at radius 1 is 1.35 bits per heavy atom. The summed E-state index contributed by atoms with van der Waals surface area (Å²) in [5.41, 5.74) is -4.62. The van der Waals surface area contributed by atoms with Crippen LogP contribution in [0.3, 0.4) is 0 Å². The topological polar surface area (TPSA) is 52.0 Å². The van der Waals surface area contributed by atoms with Crippen LogP contribution in [0, 0.1) is 5.92 Å². The first-order valence-corrected chi connectivity index (χ1v) is 8.88. The van der Waals surface area contributed by atoms with Gasteiger partial charge in [0.25, 0.3) is 0 Å². The molecule has 130 valence electrons. The number of fused-ring (bicyclic) bond motifs is 1. The molecule has 0 radical (unpaired) electrons. The number of hydrogen-bond donors (Lipinski definition) is 0. The van der Waals surface area contributed by atoms with Crippen molar-refractivity contribution in [2.75, 3.05) is 11.5 Å². The van der Waals surface area contributed by atoms with Gasteiger partial charge in [0, 0.05) is 23.9 Å². The first-order valence-electron chi connectivity index (χ1n) is 7.06. The van der Waals surface area contributed by atoms with Crippen molar-refractivity contribution < 1.29 is 30.4 Å². The third-order valence-electron chi connectivity index (χ3n) is 4.72. The van der Waals surface area contributed by atoms with E-state index in [9.17, 15) is 30.4 Å². The number of rotatable bonds is 2. The maximum Gasteiger partial charge on any atom is 0.435 e. The minimum atomic E-state index is -4.82. The summed E-state index contributed by atoms with van der Waals surface area (Å²) in [6, 6.07) is 0. The SMILES string of the molecule is C[C@H]1c2c(C(F)(F)F)nn(CC3CS(=O)(=O)C3)c2[C@H](F)C1(C)F. The van der Waals surface area contributed by atoms with E-state index in [1.807, 2.05) is 0 Å². The van der Waals surface area contributed by atoms with Gasteiger partial charge in [-0.05, 0) is 6.92 Å². The van der Waals surface area contributed by atoms with E-state index in [2.05, 4.69) is 5.10 Å². The predicted molar refractivity (Wildman–Crippen MR) is 71.1 cm³/mol. The van der Waals surface area contributed by atoms with Crippen LogP contribution in [-0.4, -0.2) is 35.4 Å². The van der Waals surface area contributed by atoms with Crippen molar-refractivity contribution in [2.45, 2.75) is 44.3 Å². The monoisotopic (exact) mass is 358 g/mol. The molecule has 23 heavy (non-hydrogen) atoms. The second-order valence-corrected chi connectivity index (χ2v) is 8.66. The van der Waals surface area contributed by atoms with Crippen LogP contribution in [0.25, 0.3) is 0 Å². The van der Waals surface area contributed by atoms with Crippen LogP contribution in [0.5, 0.6) is 0 Å². The summed E-state index contributed by atoms with van der Waals surface area (Å²) in [5.74, 6) is -2.08. The molecule has 0 spiro atoms. The molecule has 1 aromatic heterocycles. The lowest BCUT2D eigenvalue weighted by atomic mass is 9.92. The molecule has 1 unspecified atom stereocenters. The minimum Gasteiger partial charge on any atom is -0.265 e.